The van der Waals surface area contributed by atoms with Crippen molar-refractivity contribution in [2.45, 2.75) is 52.1 Å². The van der Waals surface area contributed by atoms with E-state index in [0.29, 0.717) is 12.5 Å². The molecule has 1 aromatic rings. The highest BCUT2D eigenvalue weighted by atomic mass is 16.3. The van der Waals surface area contributed by atoms with Crippen LogP contribution < -0.4 is 10.6 Å². The molecule has 5 nitrogen and oxygen atoms in total. The van der Waals surface area contributed by atoms with E-state index >= 15 is 0 Å². The maximum atomic E-state index is 9.81. The Bertz CT molecular complexity index is 449. The minimum Gasteiger partial charge on any atom is -0.389 e. The molecule has 0 aromatic carbocycles. The Labute approximate surface area is 114 Å². The van der Waals surface area contributed by atoms with Crippen molar-refractivity contribution in [3.05, 3.63) is 11.4 Å². The van der Waals surface area contributed by atoms with E-state index in [2.05, 4.69) is 27.5 Å². The monoisotopic (exact) mass is 264 g/mol. The van der Waals surface area contributed by atoms with Crippen molar-refractivity contribution < 1.29 is 5.11 Å². The van der Waals surface area contributed by atoms with Gasteiger partial charge in [0, 0.05) is 24.6 Å². The predicted molar refractivity (Wildman–Crippen MR) is 77.7 cm³/mol. The largest absolute Gasteiger partial charge is 0.389 e. The molecule has 0 radical (unpaired) electrons. The maximum Gasteiger partial charge on any atom is 0.136 e. The van der Waals surface area contributed by atoms with Gasteiger partial charge in [-0.1, -0.05) is 0 Å². The van der Waals surface area contributed by atoms with Crippen molar-refractivity contribution in [1.29, 1.82) is 0 Å². The van der Waals surface area contributed by atoms with Gasteiger partial charge >= 0.3 is 0 Å². The Hall–Kier alpha value is -1.36. The van der Waals surface area contributed by atoms with E-state index in [-0.39, 0.29) is 0 Å². The van der Waals surface area contributed by atoms with Gasteiger partial charge in [0.1, 0.15) is 17.5 Å². The van der Waals surface area contributed by atoms with Crippen molar-refractivity contribution >= 4 is 11.6 Å². The molecule has 1 fully saturated rings. The fraction of sp³-hybridized carbons (Fsp3) is 0.714. The molecule has 1 aliphatic rings. The van der Waals surface area contributed by atoms with Crippen LogP contribution in [-0.4, -0.2) is 33.8 Å². The minimum absolute atomic E-state index is 0.473. The Balaban J connectivity index is 2.24. The average Bonchev–Trinajstić information content (AvgIpc) is 3.13. The molecule has 0 amide bonds. The van der Waals surface area contributed by atoms with Crippen LogP contribution >= 0.6 is 0 Å². The van der Waals surface area contributed by atoms with E-state index in [4.69, 9.17) is 0 Å². The first-order valence-electron chi connectivity index (χ1n) is 6.99. The Morgan fingerprint density at radius 3 is 2.26 bits per heavy atom. The van der Waals surface area contributed by atoms with Crippen LogP contribution in [0.25, 0.3) is 0 Å². The Morgan fingerprint density at radius 2 is 1.79 bits per heavy atom. The van der Waals surface area contributed by atoms with E-state index in [9.17, 15) is 5.11 Å². The fourth-order valence-electron chi connectivity index (χ4n) is 1.87. The van der Waals surface area contributed by atoms with Gasteiger partial charge < -0.3 is 15.7 Å². The van der Waals surface area contributed by atoms with Gasteiger partial charge in [0.25, 0.3) is 0 Å². The van der Waals surface area contributed by atoms with Gasteiger partial charge in [-0.3, -0.25) is 0 Å². The predicted octanol–water partition coefficient (Wildman–Crippen LogP) is 2.28. The lowest BCUT2D eigenvalue weighted by atomic mass is 10.1. The molecule has 1 aromatic heterocycles. The summed E-state index contributed by atoms with van der Waals surface area (Å²) < 4.78 is 0. The van der Waals surface area contributed by atoms with E-state index in [1.807, 2.05) is 6.92 Å². The summed E-state index contributed by atoms with van der Waals surface area (Å²) in [5.74, 6) is 3.16. The zero-order valence-corrected chi connectivity index (χ0v) is 12.2. The Kier molecular flexibility index (Phi) is 3.94. The number of hydrogen-bond acceptors (Lipinski definition) is 5. The molecule has 2 rings (SSSR count). The molecule has 0 atom stereocenters. The first kappa shape index (κ1) is 14.1. The van der Waals surface area contributed by atoms with Crippen molar-refractivity contribution in [2.75, 3.05) is 23.7 Å². The molecule has 0 unspecified atom stereocenters. The van der Waals surface area contributed by atoms with Crippen molar-refractivity contribution in [1.82, 2.24) is 9.97 Å². The lowest BCUT2D eigenvalue weighted by Gasteiger charge is -2.20. The molecular formula is C14H24N4O. The highest BCUT2D eigenvalue weighted by Gasteiger charge is 2.28. The van der Waals surface area contributed by atoms with Gasteiger partial charge in [0.2, 0.25) is 0 Å². The van der Waals surface area contributed by atoms with Gasteiger partial charge in [-0.2, -0.15) is 0 Å². The van der Waals surface area contributed by atoms with Crippen molar-refractivity contribution in [2.24, 2.45) is 0 Å². The molecule has 0 saturated heterocycles. The summed E-state index contributed by atoms with van der Waals surface area (Å²) in [6.45, 7) is 8.93. The molecular weight excluding hydrogens is 240 g/mol. The number of aromatic nitrogens is 2. The van der Waals surface area contributed by atoms with E-state index in [0.717, 1.165) is 29.6 Å². The number of rotatable bonds is 6. The number of nitrogens with zero attached hydrogens (tertiary/aromatic N) is 2. The molecule has 1 aliphatic carbocycles. The molecule has 0 bridgehead atoms. The van der Waals surface area contributed by atoms with Crippen LogP contribution in [-0.2, 0) is 0 Å². The van der Waals surface area contributed by atoms with Crippen LogP contribution in [0.1, 0.15) is 50.9 Å². The fourth-order valence-corrected chi connectivity index (χ4v) is 1.87. The lowest BCUT2D eigenvalue weighted by Crippen LogP contribution is -2.30. The maximum absolute atomic E-state index is 9.81. The van der Waals surface area contributed by atoms with E-state index in [1.54, 1.807) is 13.8 Å². The van der Waals surface area contributed by atoms with Gasteiger partial charge in [-0.05, 0) is 40.5 Å². The summed E-state index contributed by atoms with van der Waals surface area (Å²) >= 11 is 0. The average molecular weight is 264 g/mol. The standard InChI is InChI=1S/C14H24N4O/c1-5-15-11-9(2)12(16-8-14(3,4)19)18-13(17-11)10-6-7-10/h10,19H,5-8H2,1-4H3,(H2,15,16,17,18). The molecule has 106 valence electrons. The molecule has 0 spiro atoms. The molecule has 19 heavy (non-hydrogen) atoms. The third-order valence-corrected chi connectivity index (χ3v) is 3.14. The van der Waals surface area contributed by atoms with Crippen molar-refractivity contribution in [3.8, 4) is 0 Å². The number of anilines is 2. The molecule has 1 saturated carbocycles. The third-order valence-electron chi connectivity index (χ3n) is 3.14. The van der Waals surface area contributed by atoms with Gasteiger partial charge in [-0.15, -0.1) is 0 Å². The number of aliphatic hydroxyl groups is 1. The van der Waals surface area contributed by atoms with Crippen molar-refractivity contribution in [3.63, 3.8) is 0 Å². The summed E-state index contributed by atoms with van der Waals surface area (Å²) in [7, 11) is 0. The number of hydrogen-bond donors (Lipinski definition) is 3. The zero-order chi connectivity index (χ0) is 14.0. The molecule has 0 aliphatic heterocycles. The third kappa shape index (κ3) is 3.80. The quantitative estimate of drug-likeness (QED) is 0.735. The highest BCUT2D eigenvalue weighted by molar-refractivity contribution is 5.57. The molecule has 1 heterocycles. The highest BCUT2D eigenvalue weighted by Crippen LogP contribution is 2.39. The van der Waals surface area contributed by atoms with Gasteiger partial charge in [0.05, 0.1) is 5.60 Å². The first-order chi connectivity index (χ1) is 8.90. The van der Waals surface area contributed by atoms with Crippen LogP contribution in [0.15, 0.2) is 0 Å². The normalized spacial score (nSPS) is 15.4. The van der Waals surface area contributed by atoms with Crippen LogP contribution in [0, 0.1) is 6.92 Å². The first-order valence-corrected chi connectivity index (χ1v) is 6.99. The van der Waals surface area contributed by atoms with Crippen LogP contribution in [0.4, 0.5) is 11.6 Å². The summed E-state index contributed by atoms with van der Waals surface area (Å²) in [4.78, 5) is 9.21. The van der Waals surface area contributed by atoms with E-state index in [1.165, 1.54) is 12.8 Å². The van der Waals surface area contributed by atoms with Crippen LogP contribution in [0.2, 0.25) is 0 Å². The van der Waals surface area contributed by atoms with Gasteiger partial charge in [0.15, 0.2) is 0 Å². The second-order valence-electron chi connectivity index (χ2n) is 5.87. The second kappa shape index (κ2) is 5.33. The Morgan fingerprint density at radius 1 is 1.21 bits per heavy atom. The lowest BCUT2D eigenvalue weighted by molar-refractivity contribution is 0.0944. The zero-order valence-electron chi connectivity index (χ0n) is 12.2. The molecule has 3 N–H and O–H groups in total. The second-order valence-corrected chi connectivity index (χ2v) is 5.87. The van der Waals surface area contributed by atoms with Crippen LogP contribution in [0.5, 0.6) is 0 Å². The smallest absolute Gasteiger partial charge is 0.136 e. The summed E-state index contributed by atoms with van der Waals surface area (Å²) in [5.41, 5.74) is 0.255. The van der Waals surface area contributed by atoms with E-state index < -0.39 is 5.60 Å². The SMILES string of the molecule is CCNc1nc(C2CC2)nc(NCC(C)(C)O)c1C. The number of nitrogens with one attached hydrogen (secondary N) is 2. The summed E-state index contributed by atoms with van der Waals surface area (Å²) in [6, 6.07) is 0. The topological polar surface area (TPSA) is 70.1 Å². The summed E-state index contributed by atoms with van der Waals surface area (Å²) in [6.07, 6.45) is 2.36. The minimum atomic E-state index is -0.754. The summed E-state index contributed by atoms with van der Waals surface area (Å²) in [5, 5.41) is 16.3. The van der Waals surface area contributed by atoms with Crippen LogP contribution in [0.3, 0.4) is 0 Å². The molecule has 5 heteroatoms. The van der Waals surface area contributed by atoms with Gasteiger partial charge in [-0.25, -0.2) is 9.97 Å².